The van der Waals surface area contributed by atoms with Crippen LogP contribution in [0.5, 0.6) is 0 Å². The first-order valence-electron chi connectivity index (χ1n) is 10.4. The molecule has 0 aromatic carbocycles. The molecule has 2 bridgehead atoms. The zero-order valence-corrected chi connectivity index (χ0v) is 16.5. The number of fused-ring (bicyclic) bond motifs is 2. The topological polar surface area (TPSA) is 74.8 Å². The van der Waals surface area contributed by atoms with Crippen LogP contribution in [0.1, 0.15) is 24.8 Å². The molecule has 2 saturated heterocycles. The summed E-state index contributed by atoms with van der Waals surface area (Å²) in [5.41, 5.74) is 1.10. The van der Waals surface area contributed by atoms with Gasteiger partial charge < -0.3 is 15.0 Å². The molecule has 3 heterocycles. The Labute approximate surface area is 166 Å². The maximum absolute atomic E-state index is 12.8. The molecule has 7 nitrogen and oxygen atoms in total. The van der Waals surface area contributed by atoms with E-state index in [1.54, 1.807) is 6.20 Å². The van der Waals surface area contributed by atoms with E-state index in [-0.39, 0.29) is 23.9 Å². The van der Waals surface area contributed by atoms with E-state index in [9.17, 15) is 9.59 Å². The maximum Gasteiger partial charge on any atom is 0.239 e. The number of carbonyl (C=O) groups excluding carboxylic acids is 2. The number of aryl methyl sites for hydroxylation is 1. The number of amides is 2. The molecule has 4 rings (SSSR count). The number of ether oxygens (including phenoxy) is 1. The number of morpholine rings is 1. The molecule has 2 amide bonds. The summed E-state index contributed by atoms with van der Waals surface area (Å²) in [7, 11) is 1.98. The summed E-state index contributed by atoms with van der Waals surface area (Å²) in [6.07, 6.45) is 6.99. The Morgan fingerprint density at radius 1 is 1.29 bits per heavy atom. The Morgan fingerprint density at radius 2 is 2.07 bits per heavy atom. The van der Waals surface area contributed by atoms with Crippen LogP contribution in [0, 0.1) is 11.8 Å². The third-order valence-electron chi connectivity index (χ3n) is 6.54. The monoisotopic (exact) mass is 386 g/mol. The summed E-state index contributed by atoms with van der Waals surface area (Å²) < 4.78 is 5.48. The average Bonchev–Trinajstić information content (AvgIpc) is 2.94. The maximum atomic E-state index is 12.8. The van der Waals surface area contributed by atoms with E-state index in [2.05, 4.69) is 15.2 Å². The minimum absolute atomic E-state index is 0.0699. The second-order valence-electron chi connectivity index (χ2n) is 8.36. The Bertz CT molecular complexity index is 684. The van der Waals surface area contributed by atoms with Crippen molar-refractivity contribution in [3.05, 3.63) is 30.1 Å². The molecule has 1 unspecified atom stereocenters. The summed E-state index contributed by atoms with van der Waals surface area (Å²) in [5.74, 6) is 1.01. The summed E-state index contributed by atoms with van der Waals surface area (Å²) in [4.78, 5) is 33.6. The smallest absolute Gasteiger partial charge is 0.239 e. The molecule has 3 aliphatic rings. The first-order valence-corrected chi connectivity index (χ1v) is 10.4. The van der Waals surface area contributed by atoms with Gasteiger partial charge in [-0.2, -0.15) is 0 Å². The van der Waals surface area contributed by atoms with Gasteiger partial charge in [-0.1, -0.05) is 6.07 Å². The van der Waals surface area contributed by atoms with Gasteiger partial charge in [-0.3, -0.25) is 19.5 Å². The van der Waals surface area contributed by atoms with Crippen LogP contribution in [0.3, 0.4) is 0 Å². The third-order valence-corrected chi connectivity index (χ3v) is 6.54. The standard InChI is InChI=1S/C21H30N4O3/c1-24-9-10-28-14-18(24)21(27)23-20-16-5-6-17(20)13-25(12-16)19(26)7-4-15-3-2-8-22-11-15/h2-3,8,11,16-18,20H,4-7,9-10,12-14H2,1H3,(H,23,27)/t16-,17+,18-,20?/m0/s1. The van der Waals surface area contributed by atoms with Crippen LogP contribution in [-0.4, -0.2) is 78.6 Å². The molecular weight excluding hydrogens is 356 g/mol. The number of nitrogens with one attached hydrogen (secondary N) is 1. The molecule has 28 heavy (non-hydrogen) atoms. The molecular formula is C21H30N4O3. The highest BCUT2D eigenvalue weighted by molar-refractivity contribution is 5.82. The summed E-state index contributed by atoms with van der Waals surface area (Å²) in [5, 5.41) is 3.29. The lowest BCUT2D eigenvalue weighted by Crippen LogP contribution is -2.59. The zero-order valence-electron chi connectivity index (χ0n) is 16.5. The second kappa shape index (κ2) is 8.57. The van der Waals surface area contributed by atoms with Crippen molar-refractivity contribution in [1.29, 1.82) is 0 Å². The van der Waals surface area contributed by atoms with Gasteiger partial charge >= 0.3 is 0 Å². The van der Waals surface area contributed by atoms with Crippen molar-refractivity contribution in [3.8, 4) is 0 Å². The molecule has 3 fully saturated rings. The fraction of sp³-hybridized carbons (Fsp3) is 0.667. The van der Waals surface area contributed by atoms with Crippen molar-refractivity contribution < 1.29 is 14.3 Å². The van der Waals surface area contributed by atoms with E-state index in [0.29, 0.717) is 31.5 Å². The Hall–Kier alpha value is -1.99. The number of carbonyl (C=O) groups is 2. The molecule has 0 radical (unpaired) electrons. The highest BCUT2D eigenvalue weighted by Crippen LogP contribution is 2.37. The molecule has 2 aliphatic heterocycles. The molecule has 1 saturated carbocycles. The van der Waals surface area contributed by atoms with Crippen LogP contribution in [0.25, 0.3) is 0 Å². The van der Waals surface area contributed by atoms with Crippen molar-refractivity contribution in [1.82, 2.24) is 20.1 Å². The lowest BCUT2D eigenvalue weighted by Gasteiger charge is -2.40. The molecule has 152 valence electrons. The summed E-state index contributed by atoms with van der Waals surface area (Å²) in [6.45, 7) is 3.44. The Kier molecular flexibility index (Phi) is 5.92. The normalized spacial score (nSPS) is 30.2. The second-order valence-corrected chi connectivity index (χ2v) is 8.36. The summed E-state index contributed by atoms with van der Waals surface area (Å²) in [6, 6.07) is 3.90. The van der Waals surface area contributed by atoms with E-state index < -0.39 is 0 Å². The predicted octanol–water partition coefficient (Wildman–Crippen LogP) is 0.698. The van der Waals surface area contributed by atoms with Gasteiger partial charge in [0.1, 0.15) is 6.04 Å². The van der Waals surface area contributed by atoms with E-state index in [4.69, 9.17) is 4.74 Å². The molecule has 4 atom stereocenters. The van der Waals surface area contributed by atoms with E-state index in [1.165, 1.54) is 0 Å². The average molecular weight is 386 g/mol. The van der Waals surface area contributed by atoms with Gasteiger partial charge in [0.25, 0.3) is 0 Å². The molecule has 1 aromatic rings. The van der Waals surface area contributed by atoms with Gasteiger partial charge in [-0.15, -0.1) is 0 Å². The molecule has 1 N–H and O–H groups in total. The highest BCUT2D eigenvalue weighted by Gasteiger charge is 2.44. The molecule has 1 aliphatic carbocycles. The Morgan fingerprint density at radius 3 is 2.75 bits per heavy atom. The van der Waals surface area contributed by atoms with Crippen LogP contribution in [0.15, 0.2) is 24.5 Å². The van der Waals surface area contributed by atoms with E-state index in [0.717, 1.165) is 44.5 Å². The van der Waals surface area contributed by atoms with Crippen LogP contribution < -0.4 is 5.32 Å². The number of hydrogen-bond acceptors (Lipinski definition) is 5. The number of piperidine rings is 1. The van der Waals surface area contributed by atoms with Gasteiger partial charge in [-0.25, -0.2) is 0 Å². The van der Waals surface area contributed by atoms with Crippen LogP contribution in [0.2, 0.25) is 0 Å². The lowest BCUT2D eigenvalue weighted by atomic mass is 9.91. The third kappa shape index (κ3) is 4.20. The fourth-order valence-corrected chi connectivity index (χ4v) is 4.84. The number of likely N-dealkylation sites (tertiary alicyclic amines) is 1. The minimum atomic E-state index is -0.202. The number of pyridine rings is 1. The van der Waals surface area contributed by atoms with Crippen molar-refractivity contribution in [2.45, 2.75) is 37.8 Å². The van der Waals surface area contributed by atoms with Gasteiger partial charge in [0.15, 0.2) is 0 Å². The van der Waals surface area contributed by atoms with E-state index >= 15 is 0 Å². The van der Waals surface area contributed by atoms with Crippen molar-refractivity contribution in [2.75, 3.05) is 39.9 Å². The molecule has 0 spiro atoms. The number of aromatic nitrogens is 1. The largest absolute Gasteiger partial charge is 0.378 e. The molecule has 7 heteroatoms. The van der Waals surface area contributed by atoms with Crippen LogP contribution in [-0.2, 0) is 20.7 Å². The number of nitrogens with zero attached hydrogens (tertiary/aromatic N) is 3. The van der Waals surface area contributed by atoms with Gasteiger partial charge in [-0.05, 0) is 49.8 Å². The highest BCUT2D eigenvalue weighted by atomic mass is 16.5. The van der Waals surface area contributed by atoms with Crippen LogP contribution in [0.4, 0.5) is 0 Å². The van der Waals surface area contributed by atoms with E-state index in [1.807, 2.05) is 30.3 Å². The number of hydrogen-bond donors (Lipinski definition) is 1. The van der Waals surface area contributed by atoms with Gasteiger partial charge in [0.2, 0.25) is 11.8 Å². The fourth-order valence-electron chi connectivity index (χ4n) is 4.84. The van der Waals surface area contributed by atoms with Crippen molar-refractivity contribution in [2.24, 2.45) is 11.8 Å². The summed E-state index contributed by atoms with van der Waals surface area (Å²) >= 11 is 0. The number of likely N-dealkylation sites (N-methyl/N-ethyl adjacent to an activating group) is 1. The van der Waals surface area contributed by atoms with Crippen LogP contribution >= 0.6 is 0 Å². The molecule has 1 aromatic heterocycles. The lowest BCUT2D eigenvalue weighted by molar-refractivity contribution is -0.135. The van der Waals surface area contributed by atoms with Crippen molar-refractivity contribution >= 4 is 11.8 Å². The quantitative estimate of drug-likeness (QED) is 0.806. The predicted molar refractivity (Wildman–Crippen MR) is 105 cm³/mol. The number of rotatable bonds is 5. The van der Waals surface area contributed by atoms with Crippen molar-refractivity contribution in [3.63, 3.8) is 0 Å². The van der Waals surface area contributed by atoms with Gasteiger partial charge in [0.05, 0.1) is 13.2 Å². The SMILES string of the molecule is CN1CCOC[C@H]1C(=O)NC1[C@@H]2CC[C@H]1CN(C(=O)CCc1cccnc1)C2. The first kappa shape index (κ1) is 19.3. The van der Waals surface area contributed by atoms with Gasteiger partial charge in [0, 0.05) is 44.5 Å². The minimum Gasteiger partial charge on any atom is -0.378 e. The first-order chi connectivity index (χ1) is 13.6. The zero-order chi connectivity index (χ0) is 19.5. The Balaban J connectivity index is 1.30.